The Bertz CT molecular complexity index is 7480. The van der Waals surface area contributed by atoms with Crippen molar-refractivity contribution in [2.24, 2.45) is 0 Å². The van der Waals surface area contributed by atoms with Crippen molar-refractivity contribution in [3.05, 3.63) is 320 Å². The second-order valence-electron chi connectivity index (χ2n) is 31.7. The van der Waals surface area contributed by atoms with Gasteiger partial charge < -0.3 is 41.2 Å². The van der Waals surface area contributed by atoms with Gasteiger partial charge in [0.2, 0.25) is 0 Å². The van der Waals surface area contributed by atoms with Crippen molar-refractivity contribution in [3.63, 3.8) is 0 Å². The van der Waals surface area contributed by atoms with Gasteiger partial charge in [-0.1, -0.05) is 76.7 Å². The predicted octanol–water partition coefficient (Wildman–Crippen LogP) is 24.4. The second-order valence-corrected chi connectivity index (χ2v) is 33.5. The van der Waals surface area contributed by atoms with Crippen LogP contribution in [0.15, 0.2) is 249 Å². The van der Waals surface area contributed by atoms with Gasteiger partial charge in [0.15, 0.2) is 58.2 Å². The highest BCUT2D eigenvalue weighted by Crippen LogP contribution is 2.38. The summed E-state index contributed by atoms with van der Waals surface area (Å²) in [4.78, 5) is 47.8. The summed E-state index contributed by atoms with van der Waals surface area (Å²) in [7, 11) is 1.65. The maximum absolute atomic E-state index is 6.05. The van der Waals surface area contributed by atoms with Crippen LogP contribution in [0, 0.1) is 34.6 Å². The van der Waals surface area contributed by atoms with Gasteiger partial charge in [-0.05, 0) is 274 Å². The lowest BCUT2D eigenvalue weighted by Gasteiger charge is -2.19. The first-order valence-electron chi connectivity index (χ1n) is 43.0. The topological polar surface area (TPSA) is 359 Å². The summed E-state index contributed by atoms with van der Waals surface area (Å²) in [6, 6.07) is 76.2. The first-order chi connectivity index (χ1) is 64.4. The largest absolute Gasteiger partial charge is 0.497 e. The van der Waals surface area contributed by atoms with Crippen LogP contribution in [0.3, 0.4) is 0 Å². The van der Waals surface area contributed by atoms with E-state index < -0.39 is 0 Å². The molecule has 0 radical (unpaired) electrons. The Balaban J connectivity index is 0.000000111. The average Bonchev–Trinajstić information content (AvgIpc) is 1.55. The van der Waals surface area contributed by atoms with E-state index in [1.165, 1.54) is 24.0 Å². The van der Waals surface area contributed by atoms with E-state index in [9.17, 15) is 0 Å². The van der Waals surface area contributed by atoms with Crippen LogP contribution in [0.1, 0.15) is 77.0 Å². The molecule has 0 aliphatic heterocycles. The van der Waals surface area contributed by atoms with E-state index in [0.717, 1.165) is 208 Å². The van der Waals surface area contributed by atoms with Crippen LogP contribution in [-0.2, 0) is 25.7 Å². The maximum atomic E-state index is 6.05. The average molecular weight is 1830 g/mol. The summed E-state index contributed by atoms with van der Waals surface area (Å²) in [6.45, 7) is 12.8. The van der Waals surface area contributed by atoms with Crippen LogP contribution in [0.2, 0.25) is 20.1 Å². The minimum absolute atomic E-state index is 0.619. The van der Waals surface area contributed by atoms with Gasteiger partial charge in [-0.3, -0.25) is 25.5 Å². The van der Waals surface area contributed by atoms with E-state index in [4.69, 9.17) is 101 Å². The number of nitrogens with one attached hydrogen (secondary N) is 11. The first-order valence-corrected chi connectivity index (χ1v) is 44.5. The fraction of sp³-hybridized carbons (Fsp3) is 0.150. The van der Waals surface area contributed by atoms with Gasteiger partial charge in [0.1, 0.15) is 34.8 Å². The molecule has 0 amide bonds. The lowest BCUT2D eigenvalue weighted by atomic mass is 9.96. The van der Waals surface area contributed by atoms with Crippen molar-refractivity contribution in [2.45, 2.75) is 86.5 Å². The zero-order valence-corrected chi connectivity index (χ0v) is 75.9. The molecule has 32 heteroatoms. The predicted molar refractivity (Wildman–Crippen MR) is 529 cm³/mol. The molecule has 11 N–H and O–H groups in total. The Morgan fingerprint density at radius 3 is 1.23 bits per heavy atom. The molecule has 0 spiro atoms. The van der Waals surface area contributed by atoms with Gasteiger partial charge >= 0.3 is 0 Å². The molecular weight excluding hydrogens is 1740 g/mol. The molecule has 11 aromatic heterocycles. The number of aryl methyl sites for hydroxylation is 7. The lowest BCUT2D eigenvalue weighted by molar-refractivity contribution is 0.415. The standard InChI is InChI=1S/C22H17ClN6.C20H19ClN6.C20H16ClN5.C20H19N5O.C18H18ClN5/c1-14-12-20(28-27-14)25-22-18-9-8-17(29-10-2-3-11-29)13-19(18)24-21(26-22)15-4-6-16(23)7-5-15;1-3-22-15-8-9-16-17(11-15)23-19(13-4-6-14(21)7-5-13)25-20(16)24-18-10-12(2)26-27-18;21-13-10-8-12(9-11-13)18-22-16-7-3-5-14(16)19(23-18)24-20-15-4-1-2-6-17(15)25-26-20;1-12-7-8-16-17(9-12)21-19(14-5-4-6-15(11-14)26-3)23-20(16)22-18-10-13(2)24-25-18;1-11-10-16(24-23-11)21-18-14-4-2-3-5-15(14)20-17(22-18)12-6-8-13(19)9-7-12/h2-13H,1H3,(H2,24,25,26,27,28);4-11,22H,3H2,1-2H3,(H2,23,24,25,26,27);1-2,4,6,8-11H,3,5,7H2,(H2,22,23,24,25,26);4-11H,1-3H3,(H2,21,22,23,24,25);6-10H,2-5H2,1H3,(H2,20,21,22,23,24). The van der Waals surface area contributed by atoms with Crippen molar-refractivity contribution in [2.75, 3.05) is 45.6 Å². The summed E-state index contributed by atoms with van der Waals surface area (Å²) >= 11 is 24.1. The summed E-state index contributed by atoms with van der Waals surface area (Å²) < 4.78 is 7.38. The Morgan fingerprint density at radius 2 is 0.750 bits per heavy atom. The summed E-state index contributed by atoms with van der Waals surface area (Å²) in [5.74, 6) is 11.6. The molecule has 0 atom stereocenters. The highest BCUT2D eigenvalue weighted by atomic mass is 35.5. The lowest BCUT2D eigenvalue weighted by Crippen LogP contribution is -2.12. The third kappa shape index (κ3) is 20.8. The Kier molecular flexibility index (Phi) is 26.2. The van der Waals surface area contributed by atoms with Crippen LogP contribution in [0.5, 0.6) is 5.75 Å². The van der Waals surface area contributed by atoms with Gasteiger partial charge in [0.25, 0.3) is 0 Å². The number of anilines is 11. The number of halogens is 4. The number of nitrogens with zero attached hydrogens (tertiary/aromatic N) is 16. The number of benzene rings is 9. The van der Waals surface area contributed by atoms with Gasteiger partial charge in [-0.2, -0.15) is 25.5 Å². The van der Waals surface area contributed by atoms with E-state index in [0.29, 0.717) is 66.7 Å². The fourth-order valence-electron chi connectivity index (χ4n) is 15.4. The van der Waals surface area contributed by atoms with E-state index in [-0.39, 0.29) is 0 Å². The number of H-pyrrole nitrogens is 5. The smallest absolute Gasteiger partial charge is 0.162 e. The molecule has 0 bridgehead atoms. The van der Waals surface area contributed by atoms with Crippen LogP contribution in [0.4, 0.5) is 63.9 Å². The van der Waals surface area contributed by atoms with E-state index in [1.807, 2.05) is 257 Å². The Morgan fingerprint density at radius 1 is 0.333 bits per heavy atom. The highest BCUT2D eigenvalue weighted by Gasteiger charge is 2.25. The Hall–Kier alpha value is -15.5. The number of fused-ring (bicyclic) bond motifs is 6. The number of ether oxygens (including phenoxy) is 1. The number of aromatic amines is 5. The third-order valence-electron chi connectivity index (χ3n) is 21.9. The molecule has 0 fully saturated rings. The number of methoxy groups -OCH3 is 1. The number of aromatic nitrogens is 21. The quantitative estimate of drug-likeness (QED) is 0.0358. The number of hydrogen-bond acceptors (Lipinski definition) is 22. The SMILES string of the molecule is CCNc1ccc2c(Nc3cc(C)[nH]n3)nc(-c3ccc(Cl)cc3)nc2c1.COc1cccc(-c2nc(Nc3cc(C)[nH]n3)c3ccc(C)cc3n2)c1.Cc1cc(Nc2nc(-c3ccc(Cl)cc3)nc3c2CCCC3)n[nH]1.Cc1cc(Nc2nc(-c3ccc(Cl)cc3)nc3cc(-n4cccc4)ccc23)n[nH]1.Clc1ccc(-c2nc3c(c(Nc4n[nH]c5ccccc45)n2)CCC3)cc1. The van der Waals surface area contributed by atoms with Crippen molar-refractivity contribution in [3.8, 4) is 68.4 Å². The fourth-order valence-corrected chi connectivity index (χ4v) is 15.9. The van der Waals surface area contributed by atoms with Gasteiger partial charge in [-0.25, -0.2) is 49.8 Å². The second kappa shape index (κ2) is 39.6. The summed E-state index contributed by atoms with van der Waals surface area (Å²) in [5, 5.41) is 62.9. The molecule has 22 rings (SSSR count). The molecule has 20 aromatic rings. The van der Waals surface area contributed by atoms with E-state index >= 15 is 0 Å². The molecule has 0 saturated carbocycles. The molecule has 11 heterocycles. The van der Waals surface area contributed by atoms with Crippen LogP contribution in [0.25, 0.3) is 106 Å². The first kappa shape index (κ1) is 87.2. The molecule has 2 aliphatic rings. The van der Waals surface area contributed by atoms with Crippen molar-refractivity contribution < 1.29 is 4.74 Å². The van der Waals surface area contributed by atoms with E-state index in [2.05, 4.69) is 121 Å². The Labute approximate surface area is 779 Å². The van der Waals surface area contributed by atoms with Crippen LogP contribution < -0.4 is 36.6 Å². The zero-order chi connectivity index (χ0) is 90.7. The summed E-state index contributed by atoms with van der Waals surface area (Å²) in [5.41, 5.74) is 20.0. The maximum Gasteiger partial charge on any atom is 0.162 e. The van der Waals surface area contributed by atoms with Gasteiger partial charge in [-0.15, -0.1) is 0 Å². The number of rotatable bonds is 19. The monoisotopic (exact) mass is 1820 g/mol. The third-order valence-corrected chi connectivity index (χ3v) is 22.9. The number of para-hydroxylation sites is 1. The van der Waals surface area contributed by atoms with Crippen LogP contribution >= 0.6 is 46.4 Å². The molecule has 658 valence electrons. The molecule has 9 aromatic carbocycles. The van der Waals surface area contributed by atoms with Crippen LogP contribution in [-0.4, -0.2) is 119 Å². The van der Waals surface area contributed by atoms with Gasteiger partial charge in [0.05, 0.1) is 29.2 Å². The molecular formula is C100H89Cl4N27O. The van der Waals surface area contributed by atoms with Crippen molar-refractivity contribution in [1.82, 2.24) is 105 Å². The van der Waals surface area contributed by atoms with Crippen molar-refractivity contribution >= 4 is 154 Å². The molecule has 132 heavy (non-hydrogen) atoms. The number of hydrogen-bond donors (Lipinski definition) is 11. The van der Waals surface area contributed by atoms with E-state index in [1.54, 1.807) is 7.11 Å². The van der Waals surface area contributed by atoms with Crippen molar-refractivity contribution in [1.29, 1.82) is 0 Å². The van der Waals surface area contributed by atoms with Gasteiger partial charge in [0, 0.05) is 169 Å². The minimum atomic E-state index is 0.619. The highest BCUT2D eigenvalue weighted by molar-refractivity contribution is 6.31. The normalized spacial score (nSPS) is 11.9. The molecule has 2 aliphatic carbocycles. The molecule has 0 saturated heterocycles. The molecule has 0 unspecified atom stereocenters. The minimum Gasteiger partial charge on any atom is -0.497 e. The molecule has 28 nitrogen and oxygen atoms in total. The zero-order valence-electron chi connectivity index (χ0n) is 72.9. The summed E-state index contributed by atoms with van der Waals surface area (Å²) in [6.07, 6.45) is 11.4.